The van der Waals surface area contributed by atoms with E-state index in [1.807, 2.05) is 33.0 Å². The Labute approximate surface area is 81.6 Å². The van der Waals surface area contributed by atoms with Crippen LogP contribution in [0.5, 0.6) is 0 Å². The Kier molecular flexibility index (Phi) is 5.86. The molecule has 0 heterocycles. The third-order valence-electron chi connectivity index (χ3n) is 1.91. The summed E-state index contributed by atoms with van der Waals surface area (Å²) < 4.78 is 0. The highest BCUT2D eigenvalue weighted by Gasteiger charge is 1.98. The average Bonchev–Trinajstić information content (AvgIpc) is 2.15. The third kappa shape index (κ3) is 4.46. The van der Waals surface area contributed by atoms with Gasteiger partial charge in [-0.25, -0.2) is 0 Å². The normalized spacial score (nSPS) is 16.3. The first kappa shape index (κ1) is 11.9. The van der Waals surface area contributed by atoms with Crippen molar-refractivity contribution in [3.63, 3.8) is 0 Å². The van der Waals surface area contributed by atoms with Crippen molar-refractivity contribution in [1.29, 1.82) is 0 Å². The van der Waals surface area contributed by atoms with Crippen LogP contribution in [-0.2, 0) is 0 Å². The predicted molar refractivity (Wildman–Crippen MR) is 61.3 cm³/mol. The lowest BCUT2D eigenvalue weighted by molar-refractivity contribution is 0.939. The highest BCUT2D eigenvalue weighted by Crippen LogP contribution is 2.07. The number of allylic oxidation sites excluding steroid dienone is 5. The van der Waals surface area contributed by atoms with E-state index in [0.29, 0.717) is 5.92 Å². The summed E-state index contributed by atoms with van der Waals surface area (Å²) in [5, 5.41) is 0. The van der Waals surface area contributed by atoms with Crippen LogP contribution < -0.4 is 0 Å². The van der Waals surface area contributed by atoms with E-state index in [1.165, 1.54) is 5.57 Å². The van der Waals surface area contributed by atoms with Gasteiger partial charge in [0, 0.05) is 12.8 Å². The van der Waals surface area contributed by atoms with Gasteiger partial charge in [0.2, 0.25) is 0 Å². The molecule has 0 amide bonds. The van der Waals surface area contributed by atoms with Gasteiger partial charge in [0.05, 0.1) is 0 Å². The molecule has 0 fully saturated rings. The topological polar surface area (TPSA) is 12.4 Å². The Balaban J connectivity index is 4.79. The van der Waals surface area contributed by atoms with Crippen LogP contribution in [0.4, 0.5) is 0 Å². The number of aliphatic imine (C=N–C) groups is 1. The summed E-state index contributed by atoms with van der Waals surface area (Å²) >= 11 is 0. The van der Waals surface area contributed by atoms with Crippen LogP contribution in [0.15, 0.2) is 41.4 Å². The highest BCUT2D eigenvalue weighted by molar-refractivity contribution is 6.00. The van der Waals surface area contributed by atoms with Gasteiger partial charge in [0.1, 0.15) is 0 Å². The Hall–Kier alpha value is -1.11. The fourth-order valence-electron chi connectivity index (χ4n) is 0.957. The van der Waals surface area contributed by atoms with Gasteiger partial charge >= 0.3 is 0 Å². The number of nitrogens with zero attached hydrogens (tertiary/aromatic N) is 1. The minimum Gasteiger partial charge on any atom is -0.293 e. The lowest BCUT2D eigenvalue weighted by atomic mass is 10.0. The lowest BCUT2D eigenvalue weighted by Crippen LogP contribution is -1.97. The standard InChI is InChI=1S/C12H19N/c1-6-8-12(11(4)13-5)9-10(3)7-2/h6-10H,2H2,1,3-5H3/b8-6-,12-9+,13-11?. The minimum atomic E-state index is 0.392. The second kappa shape index (κ2) is 6.41. The summed E-state index contributed by atoms with van der Waals surface area (Å²) in [7, 11) is 1.81. The predicted octanol–water partition coefficient (Wildman–Crippen LogP) is 3.40. The van der Waals surface area contributed by atoms with Gasteiger partial charge in [-0.2, -0.15) is 0 Å². The number of hydrogen-bond acceptors (Lipinski definition) is 1. The molecule has 0 aromatic heterocycles. The second-order valence-corrected chi connectivity index (χ2v) is 3.03. The maximum atomic E-state index is 4.16. The Morgan fingerprint density at radius 2 is 2.08 bits per heavy atom. The molecule has 0 aromatic rings. The molecule has 1 heteroatoms. The van der Waals surface area contributed by atoms with Crippen LogP contribution in [-0.4, -0.2) is 12.8 Å². The quantitative estimate of drug-likeness (QED) is 0.354. The van der Waals surface area contributed by atoms with Gasteiger partial charge in [0.25, 0.3) is 0 Å². The van der Waals surface area contributed by atoms with Crippen LogP contribution in [0.3, 0.4) is 0 Å². The van der Waals surface area contributed by atoms with Crippen molar-refractivity contribution < 1.29 is 0 Å². The van der Waals surface area contributed by atoms with E-state index >= 15 is 0 Å². The zero-order valence-electron chi connectivity index (χ0n) is 9.04. The summed E-state index contributed by atoms with van der Waals surface area (Å²) in [6, 6.07) is 0. The molecule has 1 atom stereocenters. The molecule has 0 bridgehead atoms. The molecule has 0 N–H and O–H groups in total. The molecular formula is C12H19N. The number of rotatable bonds is 4. The smallest absolute Gasteiger partial charge is 0.0383 e. The Morgan fingerprint density at radius 1 is 1.46 bits per heavy atom. The molecule has 0 aliphatic rings. The summed E-state index contributed by atoms with van der Waals surface area (Å²) in [6.45, 7) is 9.89. The molecule has 72 valence electrons. The van der Waals surface area contributed by atoms with Crippen LogP contribution in [0, 0.1) is 5.92 Å². The largest absolute Gasteiger partial charge is 0.293 e. The number of hydrogen-bond donors (Lipinski definition) is 0. The van der Waals surface area contributed by atoms with Gasteiger partial charge in [-0.1, -0.05) is 31.2 Å². The van der Waals surface area contributed by atoms with E-state index in [9.17, 15) is 0 Å². The van der Waals surface area contributed by atoms with Gasteiger partial charge < -0.3 is 0 Å². The molecule has 1 nitrogen and oxygen atoms in total. The monoisotopic (exact) mass is 177 g/mol. The molecule has 0 spiro atoms. The summed E-state index contributed by atoms with van der Waals surface area (Å²) in [4.78, 5) is 4.16. The molecule has 0 radical (unpaired) electrons. The van der Waals surface area contributed by atoms with Gasteiger partial charge in [-0.15, -0.1) is 6.58 Å². The molecule has 13 heavy (non-hydrogen) atoms. The van der Waals surface area contributed by atoms with Crippen LogP contribution in [0.2, 0.25) is 0 Å². The van der Waals surface area contributed by atoms with Gasteiger partial charge in [-0.05, 0) is 25.3 Å². The van der Waals surface area contributed by atoms with E-state index in [0.717, 1.165) is 5.71 Å². The maximum absolute atomic E-state index is 4.16. The first-order chi connectivity index (χ1) is 6.15. The Morgan fingerprint density at radius 3 is 2.46 bits per heavy atom. The minimum absolute atomic E-state index is 0.392. The van der Waals surface area contributed by atoms with E-state index in [2.05, 4.69) is 30.6 Å². The maximum Gasteiger partial charge on any atom is 0.0383 e. The second-order valence-electron chi connectivity index (χ2n) is 3.03. The van der Waals surface area contributed by atoms with Crippen molar-refractivity contribution in [2.75, 3.05) is 7.05 Å². The Bertz CT molecular complexity index is 244. The van der Waals surface area contributed by atoms with E-state index < -0.39 is 0 Å². The summed E-state index contributed by atoms with van der Waals surface area (Å²) in [5.74, 6) is 0.392. The first-order valence-corrected chi connectivity index (χ1v) is 4.56. The van der Waals surface area contributed by atoms with E-state index in [1.54, 1.807) is 0 Å². The van der Waals surface area contributed by atoms with Gasteiger partial charge in [0.15, 0.2) is 0 Å². The molecule has 0 aromatic carbocycles. The molecular weight excluding hydrogens is 158 g/mol. The van der Waals surface area contributed by atoms with E-state index in [4.69, 9.17) is 0 Å². The van der Waals surface area contributed by atoms with Crippen LogP contribution >= 0.6 is 0 Å². The summed E-state index contributed by atoms with van der Waals surface area (Å²) in [5.41, 5.74) is 2.24. The highest BCUT2D eigenvalue weighted by atomic mass is 14.7. The molecule has 0 saturated heterocycles. The van der Waals surface area contributed by atoms with Crippen molar-refractivity contribution in [1.82, 2.24) is 0 Å². The van der Waals surface area contributed by atoms with Crippen molar-refractivity contribution in [3.05, 3.63) is 36.5 Å². The molecule has 0 rings (SSSR count). The zero-order chi connectivity index (χ0) is 10.3. The fraction of sp³-hybridized carbons (Fsp3) is 0.417. The SMILES string of the molecule is C=CC(C)/C=C(\C=C/C)C(C)=NC. The molecule has 0 aliphatic heterocycles. The zero-order valence-corrected chi connectivity index (χ0v) is 9.04. The van der Waals surface area contributed by atoms with Crippen molar-refractivity contribution >= 4 is 5.71 Å². The average molecular weight is 177 g/mol. The molecule has 1 unspecified atom stereocenters. The molecule has 0 saturated carbocycles. The lowest BCUT2D eigenvalue weighted by Gasteiger charge is -2.03. The third-order valence-corrected chi connectivity index (χ3v) is 1.91. The molecule has 0 aliphatic carbocycles. The first-order valence-electron chi connectivity index (χ1n) is 4.56. The van der Waals surface area contributed by atoms with Gasteiger partial charge in [-0.3, -0.25) is 4.99 Å². The van der Waals surface area contributed by atoms with Crippen molar-refractivity contribution in [3.8, 4) is 0 Å². The van der Waals surface area contributed by atoms with Crippen LogP contribution in [0.25, 0.3) is 0 Å². The van der Waals surface area contributed by atoms with E-state index in [-0.39, 0.29) is 0 Å². The fourth-order valence-corrected chi connectivity index (χ4v) is 0.957. The van der Waals surface area contributed by atoms with Crippen molar-refractivity contribution in [2.45, 2.75) is 20.8 Å². The van der Waals surface area contributed by atoms with Crippen molar-refractivity contribution in [2.24, 2.45) is 10.9 Å². The van der Waals surface area contributed by atoms with Crippen LogP contribution in [0.1, 0.15) is 20.8 Å². The summed E-state index contributed by atoms with van der Waals surface area (Å²) in [6.07, 6.45) is 8.18.